The first kappa shape index (κ1) is 15.3. The number of hydrogen-bond acceptors (Lipinski definition) is 3. The molecule has 0 unspecified atom stereocenters. The van der Waals surface area contributed by atoms with Gasteiger partial charge in [0.1, 0.15) is 0 Å². The van der Waals surface area contributed by atoms with Gasteiger partial charge >= 0.3 is 0 Å². The molecular weight excluding hydrogens is 218 g/mol. The number of carbonyl (C=O) groups excluding carboxylic acids is 3. The van der Waals surface area contributed by atoms with Gasteiger partial charge in [0.05, 0.1) is 0 Å². The SMILES string of the molecule is CC(C)C=CC(=O)N(C=O)C(=O)C=CC(C)C. The molecule has 94 valence electrons. The lowest BCUT2D eigenvalue weighted by Gasteiger charge is -2.08. The summed E-state index contributed by atoms with van der Waals surface area (Å²) < 4.78 is 0. The number of imide groups is 3. The van der Waals surface area contributed by atoms with E-state index in [1.807, 2.05) is 27.7 Å². The van der Waals surface area contributed by atoms with Gasteiger partial charge in [-0.05, 0) is 11.8 Å². The van der Waals surface area contributed by atoms with Crippen LogP contribution in [-0.4, -0.2) is 23.1 Å². The molecule has 0 heterocycles. The first-order valence-electron chi connectivity index (χ1n) is 5.57. The van der Waals surface area contributed by atoms with E-state index in [0.29, 0.717) is 4.90 Å². The maximum atomic E-state index is 11.5. The van der Waals surface area contributed by atoms with Crippen molar-refractivity contribution in [2.24, 2.45) is 11.8 Å². The highest BCUT2D eigenvalue weighted by molar-refractivity contribution is 6.12. The van der Waals surface area contributed by atoms with Gasteiger partial charge in [0.2, 0.25) is 6.41 Å². The summed E-state index contributed by atoms with van der Waals surface area (Å²) in [6, 6.07) is 0. The highest BCUT2D eigenvalue weighted by Gasteiger charge is 2.15. The smallest absolute Gasteiger partial charge is 0.259 e. The van der Waals surface area contributed by atoms with E-state index in [-0.39, 0.29) is 18.2 Å². The third-order valence-electron chi connectivity index (χ3n) is 1.83. The Labute approximate surface area is 102 Å². The van der Waals surface area contributed by atoms with Gasteiger partial charge in [-0.2, -0.15) is 0 Å². The number of carbonyl (C=O) groups is 3. The largest absolute Gasteiger partial charge is 0.278 e. The molecule has 0 saturated carbocycles. The number of nitrogens with zero attached hydrogens (tertiary/aromatic N) is 1. The van der Waals surface area contributed by atoms with Gasteiger partial charge in [0.25, 0.3) is 11.8 Å². The van der Waals surface area contributed by atoms with E-state index >= 15 is 0 Å². The lowest BCUT2D eigenvalue weighted by atomic mass is 10.2. The molecule has 0 aliphatic carbocycles. The molecule has 0 spiro atoms. The Morgan fingerprint density at radius 3 is 1.47 bits per heavy atom. The van der Waals surface area contributed by atoms with Crippen LogP contribution < -0.4 is 0 Å². The lowest BCUT2D eigenvalue weighted by Crippen LogP contribution is -2.33. The van der Waals surface area contributed by atoms with Crippen LogP contribution in [0.25, 0.3) is 0 Å². The van der Waals surface area contributed by atoms with Crippen LogP contribution in [0.4, 0.5) is 0 Å². The van der Waals surface area contributed by atoms with E-state index in [1.54, 1.807) is 12.2 Å². The fraction of sp³-hybridized carbons (Fsp3) is 0.462. The number of amides is 3. The highest BCUT2D eigenvalue weighted by Crippen LogP contribution is 1.99. The van der Waals surface area contributed by atoms with Gasteiger partial charge in [-0.1, -0.05) is 39.8 Å². The zero-order chi connectivity index (χ0) is 13.4. The van der Waals surface area contributed by atoms with E-state index in [1.165, 1.54) is 12.2 Å². The molecule has 0 aromatic rings. The summed E-state index contributed by atoms with van der Waals surface area (Å²) in [6.45, 7) is 7.59. The Hall–Kier alpha value is -1.71. The van der Waals surface area contributed by atoms with Crippen molar-refractivity contribution < 1.29 is 14.4 Å². The molecule has 4 nitrogen and oxygen atoms in total. The molecule has 0 radical (unpaired) electrons. The van der Waals surface area contributed by atoms with Crippen LogP contribution in [0, 0.1) is 11.8 Å². The minimum atomic E-state index is -0.618. The number of hydrogen-bond donors (Lipinski definition) is 0. The summed E-state index contributed by atoms with van der Waals surface area (Å²) in [5, 5.41) is 0. The third kappa shape index (κ3) is 6.45. The Balaban J connectivity index is 4.67. The van der Waals surface area contributed by atoms with Crippen LogP contribution in [0.5, 0.6) is 0 Å². The molecule has 0 bridgehead atoms. The van der Waals surface area contributed by atoms with Crippen LogP contribution in [0.1, 0.15) is 27.7 Å². The summed E-state index contributed by atoms with van der Waals surface area (Å²) in [7, 11) is 0. The molecule has 0 saturated heterocycles. The Morgan fingerprint density at radius 1 is 0.882 bits per heavy atom. The molecule has 17 heavy (non-hydrogen) atoms. The van der Waals surface area contributed by atoms with Crippen LogP contribution in [0.3, 0.4) is 0 Å². The second-order valence-corrected chi connectivity index (χ2v) is 4.36. The zero-order valence-corrected chi connectivity index (χ0v) is 10.7. The minimum absolute atomic E-state index is 0.189. The topological polar surface area (TPSA) is 54.5 Å². The maximum Gasteiger partial charge on any atom is 0.259 e. The van der Waals surface area contributed by atoms with Crippen molar-refractivity contribution in [2.45, 2.75) is 27.7 Å². The van der Waals surface area contributed by atoms with Gasteiger partial charge in [-0.3, -0.25) is 14.4 Å². The van der Waals surface area contributed by atoms with E-state index in [4.69, 9.17) is 0 Å². The normalized spacial score (nSPS) is 11.6. The summed E-state index contributed by atoms with van der Waals surface area (Å²) in [6.07, 6.45) is 5.98. The first-order chi connectivity index (χ1) is 7.88. The lowest BCUT2D eigenvalue weighted by molar-refractivity contribution is -0.143. The van der Waals surface area contributed by atoms with Crippen molar-refractivity contribution in [1.82, 2.24) is 4.90 Å². The van der Waals surface area contributed by atoms with Crippen molar-refractivity contribution in [3.63, 3.8) is 0 Å². The van der Waals surface area contributed by atoms with E-state index in [2.05, 4.69) is 0 Å². The average Bonchev–Trinajstić information content (AvgIpc) is 2.24. The monoisotopic (exact) mass is 237 g/mol. The molecule has 0 fully saturated rings. The fourth-order valence-electron chi connectivity index (χ4n) is 0.923. The van der Waals surface area contributed by atoms with Gasteiger partial charge < -0.3 is 0 Å². The van der Waals surface area contributed by atoms with Crippen molar-refractivity contribution in [1.29, 1.82) is 0 Å². The molecule has 0 aromatic carbocycles. The minimum Gasteiger partial charge on any atom is -0.278 e. The molecule has 4 heteroatoms. The summed E-state index contributed by atoms with van der Waals surface area (Å²) in [4.78, 5) is 34.3. The maximum absolute atomic E-state index is 11.5. The van der Waals surface area contributed by atoms with Crippen LogP contribution in [0.2, 0.25) is 0 Å². The van der Waals surface area contributed by atoms with E-state index in [0.717, 1.165) is 0 Å². The molecule has 0 aliphatic heterocycles. The van der Waals surface area contributed by atoms with Crippen LogP contribution >= 0.6 is 0 Å². The van der Waals surface area contributed by atoms with Crippen molar-refractivity contribution in [3.8, 4) is 0 Å². The van der Waals surface area contributed by atoms with E-state index < -0.39 is 11.8 Å². The van der Waals surface area contributed by atoms with Gasteiger partial charge in [0.15, 0.2) is 0 Å². The zero-order valence-electron chi connectivity index (χ0n) is 10.7. The molecule has 0 rings (SSSR count). The van der Waals surface area contributed by atoms with Crippen LogP contribution in [-0.2, 0) is 14.4 Å². The van der Waals surface area contributed by atoms with Crippen molar-refractivity contribution in [3.05, 3.63) is 24.3 Å². The van der Waals surface area contributed by atoms with Crippen molar-refractivity contribution in [2.75, 3.05) is 0 Å². The van der Waals surface area contributed by atoms with Gasteiger partial charge in [0, 0.05) is 12.2 Å². The van der Waals surface area contributed by atoms with Gasteiger partial charge in [-0.25, -0.2) is 4.90 Å². The predicted molar refractivity (Wildman–Crippen MR) is 65.9 cm³/mol. The van der Waals surface area contributed by atoms with Crippen LogP contribution in [0.15, 0.2) is 24.3 Å². The predicted octanol–water partition coefficient (Wildman–Crippen LogP) is 1.92. The Morgan fingerprint density at radius 2 is 1.24 bits per heavy atom. The average molecular weight is 237 g/mol. The highest BCUT2D eigenvalue weighted by atomic mass is 16.2. The quantitative estimate of drug-likeness (QED) is 0.542. The molecule has 3 amide bonds. The number of allylic oxidation sites excluding steroid dienone is 2. The van der Waals surface area contributed by atoms with E-state index in [9.17, 15) is 14.4 Å². The second kappa shape index (κ2) is 7.54. The summed E-state index contributed by atoms with van der Waals surface area (Å²) in [5.41, 5.74) is 0. The molecule has 0 atom stereocenters. The first-order valence-corrected chi connectivity index (χ1v) is 5.57. The standard InChI is InChI=1S/C13H19NO3/c1-10(2)5-7-12(16)14(9-15)13(17)8-6-11(3)4/h5-11H,1-4H3. The Bertz CT molecular complexity index is 311. The fourth-order valence-corrected chi connectivity index (χ4v) is 0.923. The molecule has 0 aromatic heterocycles. The molecular formula is C13H19NO3. The van der Waals surface area contributed by atoms with Crippen molar-refractivity contribution >= 4 is 18.2 Å². The van der Waals surface area contributed by atoms with Gasteiger partial charge in [-0.15, -0.1) is 0 Å². The third-order valence-corrected chi connectivity index (χ3v) is 1.83. The second-order valence-electron chi connectivity index (χ2n) is 4.36. The molecule has 0 aliphatic rings. The Kier molecular flexibility index (Phi) is 6.79. The number of rotatable bonds is 5. The summed E-state index contributed by atoms with van der Waals surface area (Å²) >= 11 is 0. The summed E-state index contributed by atoms with van der Waals surface area (Å²) in [5.74, 6) is -0.860. The molecule has 0 N–H and O–H groups in total.